The minimum atomic E-state index is -1.01. The molecule has 1 saturated heterocycles. The maximum Gasteiger partial charge on any atom is 0.407 e. The third-order valence-electron chi connectivity index (χ3n) is 7.28. The number of aliphatic hydroxyl groups is 1. The molecule has 1 aliphatic rings. The van der Waals surface area contributed by atoms with Gasteiger partial charge < -0.3 is 30.7 Å². The Hall–Kier alpha value is -3.84. The average Bonchev–Trinajstić information content (AvgIpc) is 2.97. The van der Waals surface area contributed by atoms with Crippen molar-refractivity contribution in [1.82, 2.24) is 15.2 Å². The number of rotatable bonds is 11. The summed E-state index contributed by atoms with van der Waals surface area (Å²) in [6, 6.07) is 13.5. The van der Waals surface area contributed by atoms with Crippen LogP contribution in [0, 0.1) is 22.7 Å². The Kier molecular flexibility index (Phi) is 11.4. The van der Waals surface area contributed by atoms with E-state index in [-0.39, 0.29) is 12.1 Å². The molecule has 0 saturated carbocycles. The minimum Gasteiger partial charge on any atom is -0.444 e. The molecule has 1 aromatic heterocycles. The smallest absolute Gasteiger partial charge is 0.407 e. The number of likely N-dealkylation sites (N-methyl/N-ethyl adjacent to an activating group) is 1. The van der Waals surface area contributed by atoms with Crippen molar-refractivity contribution in [3.8, 4) is 12.1 Å². The molecule has 1 aliphatic heterocycles. The molecule has 2 heterocycles. The molecule has 1 aromatic carbocycles. The lowest BCUT2D eigenvalue weighted by molar-refractivity contribution is -0.117. The van der Waals surface area contributed by atoms with Crippen molar-refractivity contribution in [3.63, 3.8) is 0 Å². The first kappa shape index (κ1) is 33.7. The molecule has 0 aliphatic carbocycles. The number of carbonyl (C=O) groups excluding carboxylic acids is 2. The van der Waals surface area contributed by atoms with Gasteiger partial charge >= 0.3 is 6.09 Å². The van der Waals surface area contributed by atoms with E-state index in [4.69, 9.17) is 15.5 Å². The van der Waals surface area contributed by atoms with Crippen molar-refractivity contribution in [3.05, 3.63) is 52.6 Å². The highest BCUT2D eigenvalue weighted by molar-refractivity contribution is 8.00. The summed E-state index contributed by atoms with van der Waals surface area (Å²) in [5.74, 6) is -0.113. The van der Waals surface area contributed by atoms with E-state index >= 15 is 0 Å². The Balaban J connectivity index is 1.73. The molecule has 1 atom stereocenters. The quantitative estimate of drug-likeness (QED) is 0.322. The molecule has 0 bridgehead atoms. The van der Waals surface area contributed by atoms with E-state index in [1.165, 1.54) is 0 Å². The standard InChI is InChI=1S/C31H41N7O4S/c1-6-22-23(18-32)27(36-28(24(22)19-33)43-25(26(34)39)21-10-8-7-9-11-21)37(5)16-17-38-14-12-31(41,13-15-38)20-35-29(40)42-30(2,3)4/h7-11,25,41H,6,12-17,20H2,1-5H3,(H2,34,39)(H,35,40). The second-order valence-corrected chi connectivity index (χ2v) is 12.8. The van der Waals surface area contributed by atoms with Crippen LogP contribution in [0.1, 0.15) is 68.0 Å². The topological polar surface area (TPSA) is 169 Å². The fourth-order valence-corrected chi connectivity index (χ4v) is 5.95. The molecule has 12 heteroatoms. The molecule has 11 nitrogen and oxygen atoms in total. The third-order valence-corrected chi connectivity index (χ3v) is 8.54. The van der Waals surface area contributed by atoms with Crippen LogP contribution in [-0.4, -0.2) is 78.0 Å². The van der Waals surface area contributed by atoms with Gasteiger partial charge in [-0.3, -0.25) is 4.79 Å². The molecule has 0 spiro atoms. The van der Waals surface area contributed by atoms with Crippen molar-refractivity contribution in [2.45, 2.75) is 68.4 Å². The number of alkyl carbamates (subject to hydrolysis) is 1. The Morgan fingerprint density at radius 2 is 1.84 bits per heavy atom. The van der Waals surface area contributed by atoms with Crippen LogP contribution in [0.15, 0.2) is 35.4 Å². The highest BCUT2D eigenvalue weighted by Gasteiger charge is 2.33. The van der Waals surface area contributed by atoms with Gasteiger partial charge in [-0.2, -0.15) is 10.5 Å². The number of anilines is 1. The van der Waals surface area contributed by atoms with Crippen LogP contribution in [0.2, 0.25) is 0 Å². The number of nitrogens with one attached hydrogen (secondary N) is 1. The number of benzene rings is 1. The number of piperidine rings is 1. The van der Waals surface area contributed by atoms with Gasteiger partial charge in [0.2, 0.25) is 5.91 Å². The summed E-state index contributed by atoms with van der Waals surface area (Å²) in [7, 11) is 1.84. The van der Waals surface area contributed by atoms with E-state index in [0.29, 0.717) is 73.0 Å². The summed E-state index contributed by atoms with van der Waals surface area (Å²) in [5.41, 5.74) is 6.03. The number of primary amides is 1. The molecule has 4 N–H and O–H groups in total. The summed E-state index contributed by atoms with van der Waals surface area (Å²) in [4.78, 5) is 33.3. The Morgan fingerprint density at radius 1 is 1.21 bits per heavy atom. The molecule has 1 fully saturated rings. The Bertz CT molecular complexity index is 1370. The number of thioether (sulfide) groups is 1. The predicted octanol–water partition coefficient (Wildman–Crippen LogP) is 3.49. The number of pyridine rings is 1. The fraction of sp³-hybridized carbons (Fsp3) is 0.516. The largest absolute Gasteiger partial charge is 0.444 e. The summed E-state index contributed by atoms with van der Waals surface area (Å²) in [6.07, 6.45) is 0.861. The van der Waals surface area contributed by atoms with Crippen molar-refractivity contribution in [1.29, 1.82) is 10.5 Å². The summed E-state index contributed by atoms with van der Waals surface area (Å²) in [6.45, 7) is 9.80. The van der Waals surface area contributed by atoms with Crippen LogP contribution in [0.3, 0.4) is 0 Å². The molecular weight excluding hydrogens is 566 g/mol. The van der Waals surface area contributed by atoms with Gasteiger partial charge in [-0.15, -0.1) is 0 Å². The molecule has 43 heavy (non-hydrogen) atoms. The monoisotopic (exact) mass is 607 g/mol. The Labute approximate surface area is 258 Å². The van der Waals surface area contributed by atoms with Crippen LogP contribution >= 0.6 is 11.8 Å². The first-order chi connectivity index (χ1) is 20.3. The van der Waals surface area contributed by atoms with Crippen molar-refractivity contribution in [2.24, 2.45) is 5.73 Å². The van der Waals surface area contributed by atoms with E-state index in [2.05, 4.69) is 22.4 Å². The first-order valence-corrected chi connectivity index (χ1v) is 15.2. The number of carbonyl (C=O) groups is 2. The number of ether oxygens (including phenoxy) is 1. The predicted molar refractivity (Wildman–Crippen MR) is 165 cm³/mol. The van der Waals surface area contributed by atoms with E-state index < -0.39 is 28.5 Å². The van der Waals surface area contributed by atoms with E-state index in [1.807, 2.05) is 37.1 Å². The number of nitriles is 2. The normalized spacial score (nSPS) is 15.5. The van der Waals surface area contributed by atoms with Crippen LogP contribution in [0.4, 0.5) is 10.6 Å². The number of likely N-dealkylation sites (tertiary alicyclic amines) is 1. The summed E-state index contributed by atoms with van der Waals surface area (Å²) >= 11 is 1.12. The van der Waals surface area contributed by atoms with E-state index in [1.54, 1.807) is 32.9 Å². The zero-order chi connectivity index (χ0) is 31.8. The van der Waals surface area contributed by atoms with Crippen LogP contribution in [-0.2, 0) is 16.0 Å². The first-order valence-electron chi connectivity index (χ1n) is 14.3. The number of nitrogens with zero attached hydrogens (tertiary/aromatic N) is 5. The lowest BCUT2D eigenvalue weighted by atomic mass is 9.91. The highest BCUT2D eigenvalue weighted by atomic mass is 32.2. The van der Waals surface area contributed by atoms with Crippen LogP contribution in [0.25, 0.3) is 0 Å². The molecular formula is C31H41N7O4S. The van der Waals surface area contributed by atoms with Crippen molar-refractivity contribution >= 4 is 29.6 Å². The molecule has 2 aromatic rings. The maximum absolute atomic E-state index is 12.4. The molecule has 3 rings (SSSR count). The second kappa shape index (κ2) is 14.6. The maximum atomic E-state index is 12.4. The van der Waals surface area contributed by atoms with Gasteiger partial charge in [0.05, 0.1) is 16.7 Å². The van der Waals surface area contributed by atoms with Crippen LogP contribution < -0.4 is 16.0 Å². The molecule has 0 radical (unpaired) electrons. The number of amides is 2. The molecule has 2 amide bonds. The number of hydrogen-bond acceptors (Lipinski definition) is 10. The van der Waals surface area contributed by atoms with Crippen molar-refractivity contribution < 1.29 is 19.4 Å². The van der Waals surface area contributed by atoms with Gasteiger partial charge in [-0.05, 0) is 51.2 Å². The lowest BCUT2D eigenvalue weighted by Gasteiger charge is -2.39. The minimum absolute atomic E-state index is 0.117. The molecule has 1 unspecified atom stereocenters. The van der Waals surface area contributed by atoms with Gasteiger partial charge in [0.25, 0.3) is 0 Å². The van der Waals surface area contributed by atoms with Gasteiger partial charge in [0.15, 0.2) is 0 Å². The number of aromatic nitrogens is 1. The second-order valence-electron chi connectivity index (χ2n) is 11.7. The number of hydrogen-bond donors (Lipinski definition) is 3. The Morgan fingerprint density at radius 3 is 2.37 bits per heavy atom. The summed E-state index contributed by atoms with van der Waals surface area (Å²) < 4.78 is 5.27. The highest BCUT2D eigenvalue weighted by Crippen LogP contribution is 2.39. The summed E-state index contributed by atoms with van der Waals surface area (Å²) in [5, 5.41) is 33.4. The fourth-order valence-electron chi connectivity index (χ4n) is 4.89. The van der Waals surface area contributed by atoms with Gasteiger partial charge in [-0.25, -0.2) is 9.78 Å². The van der Waals surface area contributed by atoms with E-state index in [9.17, 15) is 25.2 Å². The SMILES string of the molecule is CCc1c(C#N)c(SC(C(N)=O)c2ccccc2)nc(N(C)CCN2CCC(O)(CNC(=O)OC(C)(C)C)CC2)c1C#N. The number of nitrogens with two attached hydrogens (primary N) is 1. The van der Waals surface area contributed by atoms with Crippen molar-refractivity contribution in [2.75, 3.05) is 44.7 Å². The molecule has 230 valence electrons. The lowest BCUT2D eigenvalue weighted by Crippen LogP contribution is -2.52. The zero-order valence-electron chi connectivity index (χ0n) is 25.5. The van der Waals surface area contributed by atoms with Gasteiger partial charge in [-0.1, -0.05) is 49.0 Å². The average molecular weight is 608 g/mol. The zero-order valence-corrected chi connectivity index (χ0v) is 26.3. The van der Waals surface area contributed by atoms with E-state index in [0.717, 1.165) is 11.8 Å². The third kappa shape index (κ3) is 9.07. The van der Waals surface area contributed by atoms with Gasteiger partial charge in [0.1, 0.15) is 33.8 Å². The van der Waals surface area contributed by atoms with Crippen LogP contribution in [0.5, 0.6) is 0 Å². The van der Waals surface area contributed by atoms with Gasteiger partial charge in [0, 0.05) is 39.8 Å².